The lowest BCUT2D eigenvalue weighted by Gasteiger charge is -2.13. The minimum absolute atomic E-state index is 0.0333. The molecule has 88 valence electrons. The van der Waals surface area contributed by atoms with Crippen LogP contribution in [0.4, 0.5) is 0 Å². The van der Waals surface area contributed by atoms with Crippen LogP contribution in [0.3, 0.4) is 0 Å². The first-order valence-corrected chi connectivity index (χ1v) is 5.59. The fourth-order valence-electron chi connectivity index (χ4n) is 1.76. The summed E-state index contributed by atoms with van der Waals surface area (Å²) >= 11 is 0. The maximum absolute atomic E-state index is 11.9. The molecule has 3 nitrogen and oxygen atoms in total. The van der Waals surface area contributed by atoms with Crippen LogP contribution < -0.4 is 0 Å². The summed E-state index contributed by atoms with van der Waals surface area (Å²) in [5.41, 5.74) is 1.91. The highest BCUT2D eigenvalue weighted by atomic mass is 16.2. The summed E-state index contributed by atoms with van der Waals surface area (Å²) in [4.78, 5) is 13.5. The third-order valence-corrected chi connectivity index (χ3v) is 2.65. The van der Waals surface area contributed by atoms with E-state index in [0.717, 1.165) is 12.2 Å². The number of hydrogen-bond acceptors (Lipinski definition) is 1. The van der Waals surface area contributed by atoms with Crippen LogP contribution in [0.2, 0.25) is 0 Å². The van der Waals surface area contributed by atoms with E-state index in [4.69, 9.17) is 0 Å². The predicted octanol–water partition coefficient (Wildman–Crippen LogP) is 2.24. The SMILES string of the molecule is CN(C)C(=O)c1cccn1Cc1ccccc1. The van der Waals surface area contributed by atoms with Gasteiger partial charge in [0.1, 0.15) is 5.69 Å². The second-order valence-electron chi connectivity index (χ2n) is 4.21. The van der Waals surface area contributed by atoms with Gasteiger partial charge in [0.25, 0.3) is 5.91 Å². The summed E-state index contributed by atoms with van der Waals surface area (Å²) < 4.78 is 1.97. The van der Waals surface area contributed by atoms with Crippen molar-refractivity contribution in [2.24, 2.45) is 0 Å². The molecule has 0 atom stereocenters. The maximum Gasteiger partial charge on any atom is 0.269 e. The Morgan fingerprint density at radius 1 is 1.12 bits per heavy atom. The molecule has 1 amide bonds. The van der Waals surface area contributed by atoms with Gasteiger partial charge in [-0.2, -0.15) is 0 Å². The van der Waals surface area contributed by atoms with Crippen molar-refractivity contribution in [3.05, 3.63) is 59.9 Å². The molecule has 2 aromatic rings. The number of amides is 1. The van der Waals surface area contributed by atoms with Crippen molar-refractivity contribution in [1.29, 1.82) is 0 Å². The number of carbonyl (C=O) groups excluding carboxylic acids is 1. The monoisotopic (exact) mass is 228 g/mol. The Morgan fingerprint density at radius 3 is 2.47 bits per heavy atom. The van der Waals surface area contributed by atoms with E-state index in [1.54, 1.807) is 19.0 Å². The normalized spacial score (nSPS) is 10.2. The molecule has 0 saturated carbocycles. The second-order valence-corrected chi connectivity index (χ2v) is 4.21. The summed E-state index contributed by atoms with van der Waals surface area (Å²) in [5, 5.41) is 0. The standard InChI is InChI=1S/C14H16N2O/c1-15(2)14(17)13-9-6-10-16(13)11-12-7-4-3-5-8-12/h3-10H,11H2,1-2H3. The molecule has 17 heavy (non-hydrogen) atoms. The van der Waals surface area contributed by atoms with E-state index in [1.807, 2.05) is 41.1 Å². The Kier molecular flexibility index (Phi) is 3.28. The Labute approximate surface area is 101 Å². The molecule has 2 rings (SSSR count). The van der Waals surface area contributed by atoms with Crippen molar-refractivity contribution >= 4 is 5.91 Å². The smallest absolute Gasteiger partial charge is 0.269 e. The number of aromatic nitrogens is 1. The highest BCUT2D eigenvalue weighted by molar-refractivity contribution is 5.92. The van der Waals surface area contributed by atoms with Gasteiger partial charge < -0.3 is 9.47 Å². The third-order valence-electron chi connectivity index (χ3n) is 2.65. The van der Waals surface area contributed by atoms with Gasteiger partial charge in [-0.1, -0.05) is 30.3 Å². The number of hydrogen-bond donors (Lipinski definition) is 0. The van der Waals surface area contributed by atoms with Gasteiger partial charge in [0, 0.05) is 26.8 Å². The second kappa shape index (κ2) is 4.87. The lowest BCUT2D eigenvalue weighted by Crippen LogP contribution is -2.24. The highest BCUT2D eigenvalue weighted by Crippen LogP contribution is 2.09. The van der Waals surface area contributed by atoms with Gasteiger partial charge in [-0.3, -0.25) is 4.79 Å². The number of carbonyl (C=O) groups is 1. The van der Waals surface area contributed by atoms with Crippen molar-refractivity contribution in [1.82, 2.24) is 9.47 Å². The van der Waals surface area contributed by atoms with Gasteiger partial charge >= 0.3 is 0 Å². The molecule has 0 aliphatic carbocycles. The molecular formula is C14H16N2O. The molecular weight excluding hydrogens is 212 g/mol. The van der Waals surface area contributed by atoms with E-state index in [2.05, 4.69) is 12.1 Å². The molecule has 3 heteroatoms. The quantitative estimate of drug-likeness (QED) is 0.791. The third kappa shape index (κ3) is 2.56. The first-order chi connectivity index (χ1) is 8.18. The molecule has 1 heterocycles. The number of nitrogens with zero attached hydrogens (tertiary/aromatic N) is 2. The fourth-order valence-corrected chi connectivity index (χ4v) is 1.76. The molecule has 0 unspecified atom stereocenters. The first-order valence-electron chi connectivity index (χ1n) is 5.59. The van der Waals surface area contributed by atoms with Crippen LogP contribution >= 0.6 is 0 Å². The van der Waals surface area contributed by atoms with Crippen molar-refractivity contribution in [3.8, 4) is 0 Å². The Bertz CT molecular complexity index is 500. The zero-order valence-corrected chi connectivity index (χ0v) is 10.1. The van der Waals surface area contributed by atoms with Crippen molar-refractivity contribution < 1.29 is 4.79 Å². The van der Waals surface area contributed by atoms with E-state index >= 15 is 0 Å². The van der Waals surface area contributed by atoms with Gasteiger partial charge in [-0.15, -0.1) is 0 Å². The average Bonchev–Trinajstić information content (AvgIpc) is 2.77. The molecule has 0 bridgehead atoms. The average molecular weight is 228 g/mol. The fraction of sp³-hybridized carbons (Fsp3) is 0.214. The predicted molar refractivity (Wildman–Crippen MR) is 68.0 cm³/mol. The molecule has 1 aromatic heterocycles. The number of rotatable bonds is 3. The molecule has 1 aromatic carbocycles. The summed E-state index contributed by atoms with van der Waals surface area (Å²) in [5.74, 6) is 0.0333. The van der Waals surface area contributed by atoms with Crippen molar-refractivity contribution in [2.75, 3.05) is 14.1 Å². The van der Waals surface area contributed by atoms with E-state index in [9.17, 15) is 4.79 Å². The van der Waals surface area contributed by atoms with Crippen LogP contribution in [0.25, 0.3) is 0 Å². The number of benzene rings is 1. The Hall–Kier alpha value is -2.03. The largest absolute Gasteiger partial charge is 0.343 e. The molecule has 0 spiro atoms. The highest BCUT2D eigenvalue weighted by Gasteiger charge is 2.12. The van der Waals surface area contributed by atoms with Gasteiger partial charge in [0.2, 0.25) is 0 Å². The van der Waals surface area contributed by atoms with Crippen LogP contribution in [0.5, 0.6) is 0 Å². The van der Waals surface area contributed by atoms with E-state index in [-0.39, 0.29) is 5.91 Å². The van der Waals surface area contributed by atoms with Crippen LogP contribution in [0.1, 0.15) is 16.1 Å². The van der Waals surface area contributed by atoms with Crippen LogP contribution in [-0.4, -0.2) is 29.5 Å². The molecule has 0 saturated heterocycles. The zero-order valence-electron chi connectivity index (χ0n) is 10.1. The van der Waals surface area contributed by atoms with Crippen molar-refractivity contribution in [2.45, 2.75) is 6.54 Å². The topological polar surface area (TPSA) is 25.2 Å². The van der Waals surface area contributed by atoms with Crippen LogP contribution in [0.15, 0.2) is 48.7 Å². The van der Waals surface area contributed by atoms with E-state index < -0.39 is 0 Å². The van der Waals surface area contributed by atoms with Crippen LogP contribution in [-0.2, 0) is 6.54 Å². The summed E-state index contributed by atoms with van der Waals surface area (Å²) in [6.45, 7) is 0.725. The first kappa shape index (κ1) is 11.5. The summed E-state index contributed by atoms with van der Waals surface area (Å²) in [7, 11) is 3.53. The van der Waals surface area contributed by atoms with Crippen molar-refractivity contribution in [3.63, 3.8) is 0 Å². The van der Waals surface area contributed by atoms with E-state index in [0.29, 0.717) is 0 Å². The lowest BCUT2D eigenvalue weighted by molar-refractivity contribution is 0.0817. The molecule has 0 aliphatic heterocycles. The lowest BCUT2D eigenvalue weighted by atomic mass is 10.2. The van der Waals surface area contributed by atoms with Gasteiger partial charge in [0.05, 0.1) is 0 Å². The van der Waals surface area contributed by atoms with Crippen LogP contribution in [0, 0.1) is 0 Å². The minimum atomic E-state index is 0.0333. The van der Waals surface area contributed by atoms with E-state index in [1.165, 1.54) is 5.56 Å². The molecule has 0 N–H and O–H groups in total. The van der Waals surface area contributed by atoms with Gasteiger partial charge in [-0.25, -0.2) is 0 Å². The molecule has 0 radical (unpaired) electrons. The maximum atomic E-state index is 11.9. The zero-order chi connectivity index (χ0) is 12.3. The van der Waals surface area contributed by atoms with Gasteiger partial charge in [0.15, 0.2) is 0 Å². The summed E-state index contributed by atoms with van der Waals surface area (Å²) in [6.07, 6.45) is 1.93. The molecule has 0 fully saturated rings. The minimum Gasteiger partial charge on any atom is -0.343 e. The summed E-state index contributed by atoms with van der Waals surface area (Å²) in [6, 6.07) is 13.9. The molecule has 0 aliphatic rings. The Balaban J connectivity index is 2.23. The van der Waals surface area contributed by atoms with Gasteiger partial charge in [-0.05, 0) is 17.7 Å². The Morgan fingerprint density at radius 2 is 1.82 bits per heavy atom.